The normalized spacial score (nSPS) is 14.1. The fourth-order valence-corrected chi connectivity index (χ4v) is 2.31. The fourth-order valence-electron chi connectivity index (χ4n) is 2.31. The summed E-state index contributed by atoms with van der Waals surface area (Å²) in [5.41, 5.74) is 1.02. The van der Waals surface area contributed by atoms with Crippen LogP contribution in [0.25, 0.3) is 0 Å². The third-order valence-electron chi connectivity index (χ3n) is 3.51. The maximum absolute atomic E-state index is 12.5. The predicted octanol–water partition coefficient (Wildman–Crippen LogP) is 3.09. The van der Waals surface area contributed by atoms with Crippen molar-refractivity contribution >= 4 is 5.91 Å². The number of benzene rings is 1. The van der Waals surface area contributed by atoms with Crippen LogP contribution < -0.4 is 4.74 Å². The average Bonchev–Trinajstić information content (AvgIpc) is 3.17. The minimum absolute atomic E-state index is 0.0524. The summed E-state index contributed by atoms with van der Waals surface area (Å²) >= 11 is 0. The summed E-state index contributed by atoms with van der Waals surface area (Å²) in [5.74, 6) is 1.15. The molecule has 0 unspecified atom stereocenters. The van der Waals surface area contributed by atoms with Gasteiger partial charge in [-0.05, 0) is 31.0 Å². The van der Waals surface area contributed by atoms with E-state index in [1.807, 2.05) is 29.2 Å². The summed E-state index contributed by atoms with van der Waals surface area (Å²) in [6.45, 7) is 0.550. The van der Waals surface area contributed by atoms with Crippen molar-refractivity contribution in [2.45, 2.75) is 25.4 Å². The number of hydrogen-bond acceptors (Lipinski definition) is 3. The molecule has 1 aliphatic carbocycles. The summed E-state index contributed by atoms with van der Waals surface area (Å²) in [4.78, 5) is 14.4. The van der Waals surface area contributed by atoms with Gasteiger partial charge in [-0.15, -0.1) is 0 Å². The Morgan fingerprint density at radius 2 is 2.10 bits per heavy atom. The Morgan fingerprint density at radius 1 is 1.30 bits per heavy atom. The first-order valence-corrected chi connectivity index (χ1v) is 6.76. The van der Waals surface area contributed by atoms with Crippen molar-refractivity contribution in [2.24, 2.45) is 0 Å². The average molecular weight is 271 g/mol. The van der Waals surface area contributed by atoms with Crippen molar-refractivity contribution in [1.29, 1.82) is 0 Å². The molecule has 0 spiro atoms. The van der Waals surface area contributed by atoms with Gasteiger partial charge < -0.3 is 14.1 Å². The lowest BCUT2D eigenvalue weighted by atomic mass is 10.1. The Morgan fingerprint density at radius 3 is 2.75 bits per heavy atom. The Hall–Kier alpha value is -2.23. The second-order valence-corrected chi connectivity index (χ2v) is 4.95. The van der Waals surface area contributed by atoms with Crippen molar-refractivity contribution in [1.82, 2.24) is 4.90 Å². The molecule has 0 N–H and O–H groups in total. The van der Waals surface area contributed by atoms with Crippen LogP contribution in [0.5, 0.6) is 5.75 Å². The molecule has 2 aromatic rings. The van der Waals surface area contributed by atoms with Crippen molar-refractivity contribution in [3.8, 4) is 5.75 Å². The third kappa shape index (κ3) is 2.54. The molecule has 0 atom stereocenters. The van der Waals surface area contributed by atoms with E-state index in [0.717, 1.165) is 24.2 Å². The first-order valence-electron chi connectivity index (χ1n) is 6.76. The largest absolute Gasteiger partial charge is 0.496 e. The molecular weight excluding hydrogens is 254 g/mol. The van der Waals surface area contributed by atoms with E-state index < -0.39 is 0 Å². The van der Waals surface area contributed by atoms with Gasteiger partial charge in [0.2, 0.25) is 0 Å². The van der Waals surface area contributed by atoms with Crippen LogP contribution in [0.4, 0.5) is 0 Å². The Labute approximate surface area is 118 Å². The number of carbonyl (C=O) groups is 1. The SMILES string of the molecule is COc1ccccc1CN(C(=O)c1ccco1)C1CC1. The Bertz CT molecular complexity index is 588. The number of amides is 1. The highest BCUT2D eigenvalue weighted by Crippen LogP contribution is 2.31. The van der Waals surface area contributed by atoms with Crippen molar-refractivity contribution in [3.05, 3.63) is 54.0 Å². The van der Waals surface area contributed by atoms with E-state index >= 15 is 0 Å². The number of para-hydroxylation sites is 1. The van der Waals surface area contributed by atoms with E-state index in [2.05, 4.69) is 0 Å². The van der Waals surface area contributed by atoms with Gasteiger partial charge in [0.1, 0.15) is 5.75 Å². The Balaban J connectivity index is 1.83. The van der Waals surface area contributed by atoms with Crippen LogP contribution in [0.15, 0.2) is 47.1 Å². The maximum Gasteiger partial charge on any atom is 0.290 e. The molecule has 104 valence electrons. The number of nitrogens with zero attached hydrogens (tertiary/aromatic N) is 1. The number of furan rings is 1. The van der Waals surface area contributed by atoms with Gasteiger partial charge in [-0.1, -0.05) is 18.2 Å². The standard InChI is InChI=1S/C16H17NO3/c1-19-14-6-3-2-5-12(14)11-17(13-8-9-13)16(18)15-7-4-10-20-15/h2-7,10,13H,8-9,11H2,1H3. The maximum atomic E-state index is 12.5. The molecule has 20 heavy (non-hydrogen) atoms. The molecule has 1 amide bonds. The van der Waals surface area contributed by atoms with E-state index in [-0.39, 0.29) is 5.91 Å². The van der Waals surface area contributed by atoms with E-state index in [0.29, 0.717) is 18.3 Å². The van der Waals surface area contributed by atoms with Crippen LogP contribution in [0.1, 0.15) is 29.0 Å². The first-order chi connectivity index (χ1) is 9.79. The highest BCUT2D eigenvalue weighted by molar-refractivity contribution is 5.91. The minimum Gasteiger partial charge on any atom is -0.496 e. The molecule has 1 aromatic heterocycles. The fraction of sp³-hybridized carbons (Fsp3) is 0.312. The summed E-state index contributed by atoms with van der Waals surface area (Å²) < 4.78 is 10.6. The highest BCUT2D eigenvalue weighted by Gasteiger charge is 2.34. The summed E-state index contributed by atoms with van der Waals surface area (Å²) in [6.07, 6.45) is 3.64. The number of rotatable bonds is 5. The topological polar surface area (TPSA) is 42.7 Å². The Kier molecular flexibility index (Phi) is 3.46. The molecular formula is C16H17NO3. The highest BCUT2D eigenvalue weighted by atomic mass is 16.5. The van der Waals surface area contributed by atoms with E-state index in [9.17, 15) is 4.79 Å². The predicted molar refractivity (Wildman–Crippen MR) is 74.6 cm³/mol. The second kappa shape index (κ2) is 5.41. The van der Waals surface area contributed by atoms with Gasteiger partial charge in [-0.2, -0.15) is 0 Å². The van der Waals surface area contributed by atoms with Crippen molar-refractivity contribution in [2.75, 3.05) is 7.11 Å². The molecule has 0 aliphatic heterocycles. The monoisotopic (exact) mass is 271 g/mol. The van der Waals surface area contributed by atoms with Crippen molar-refractivity contribution in [3.63, 3.8) is 0 Å². The molecule has 0 bridgehead atoms. The number of ether oxygens (including phenoxy) is 1. The number of hydrogen-bond donors (Lipinski definition) is 0. The van der Waals surface area contributed by atoms with Gasteiger partial charge >= 0.3 is 0 Å². The molecule has 1 saturated carbocycles. The van der Waals surface area contributed by atoms with Gasteiger partial charge in [0.25, 0.3) is 5.91 Å². The zero-order valence-corrected chi connectivity index (χ0v) is 11.4. The molecule has 0 radical (unpaired) electrons. The van der Waals surface area contributed by atoms with Crippen LogP contribution in [0.3, 0.4) is 0 Å². The summed E-state index contributed by atoms with van der Waals surface area (Å²) in [5, 5.41) is 0. The lowest BCUT2D eigenvalue weighted by molar-refractivity contribution is 0.0696. The zero-order chi connectivity index (χ0) is 13.9. The lowest BCUT2D eigenvalue weighted by Crippen LogP contribution is -2.32. The molecule has 4 nitrogen and oxygen atoms in total. The van der Waals surface area contributed by atoms with Gasteiger partial charge in [-0.25, -0.2) is 0 Å². The third-order valence-corrected chi connectivity index (χ3v) is 3.51. The van der Waals surface area contributed by atoms with E-state index in [1.54, 1.807) is 19.2 Å². The number of methoxy groups -OCH3 is 1. The van der Waals surface area contributed by atoms with Crippen LogP contribution in [0.2, 0.25) is 0 Å². The first kappa shape index (κ1) is 12.8. The second-order valence-electron chi connectivity index (χ2n) is 4.95. The zero-order valence-electron chi connectivity index (χ0n) is 11.4. The quantitative estimate of drug-likeness (QED) is 0.839. The van der Waals surface area contributed by atoms with Gasteiger partial charge in [0.15, 0.2) is 5.76 Å². The van der Waals surface area contributed by atoms with Crippen LogP contribution in [0, 0.1) is 0 Å². The van der Waals surface area contributed by atoms with Crippen LogP contribution in [-0.2, 0) is 6.54 Å². The molecule has 1 aliphatic rings. The van der Waals surface area contributed by atoms with E-state index in [4.69, 9.17) is 9.15 Å². The summed E-state index contributed by atoms with van der Waals surface area (Å²) in [7, 11) is 1.65. The lowest BCUT2D eigenvalue weighted by Gasteiger charge is -2.22. The molecule has 0 saturated heterocycles. The molecule has 3 rings (SSSR count). The van der Waals surface area contributed by atoms with Crippen LogP contribution in [-0.4, -0.2) is 24.0 Å². The van der Waals surface area contributed by atoms with Crippen molar-refractivity contribution < 1.29 is 13.9 Å². The number of carbonyl (C=O) groups excluding carboxylic acids is 1. The minimum atomic E-state index is -0.0524. The van der Waals surface area contributed by atoms with Gasteiger partial charge in [0, 0.05) is 11.6 Å². The summed E-state index contributed by atoms with van der Waals surface area (Å²) in [6, 6.07) is 11.6. The van der Waals surface area contributed by atoms with E-state index in [1.165, 1.54) is 6.26 Å². The van der Waals surface area contributed by atoms with Crippen LogP contribution >= 0.6 is 0 Å². The van der Waals surface area contributed by atoms with Gasteiger partial charge in [-0.3, -0.25) is 4.79 Å². The molecule has 1 heterocycles. The molecule has 1 fully saturated rings. The smallest absolute Gasteiger partial charge is 0.290 e. The molecule has 4 heteroatoms. The molecule has 1 aromatic carbocycles. The van der Waals surface area contributed by atoms with Gasteiger partial charge in [0.05, 0.1) is 19.9 Å².